The van der Waals surface area contributed by atoms with Crippen LogP contribution in [0.4, 0.5) is 4.39 Å². The highest BCUT2D eigenvalue weighted by molar-refractivity contribution is 7.89. The third kappa shape index (κ3) is 3.96. The van der Waals surface area contributed by atoms with Gasteiger partial charge in [-0.05, 0) is 44.0 Å². The van der Waals surface area contributed by atoms with Crippen molar-refractivity contribution in [3.63, 3.8) is 0 Å². The van der Waals surface area contributed by atoms with Crippen LogP contribution >= 0.6 is 23.2 Å². The van der Waals surface area contributed by atoms with Gasteiger partial charge in [0.05, 0.1) is 27.0 Å². The molecule has 4 rings (SSSR count). The van der Waals surface area contributed by atoms with Gasteiger partial charge in [-0.25, -0.2) is 4.39 Å². The fraction of sp³-hybridized carbons (Fsp3) is 0.350. The molecule has 0 radical (unpaired) electrons. The topological polar surface area (TPSA) is 61.8 Å². The maximum Gasteiger partial charge on any atom is 0.276 e. The summed E-state index contributed by atoms with van der Waals surface area (Å²) < 4.78 is 39.9. The van der Waals surface area contributed by atoms with E-state index in [1.165, 1.54) is 12.1 Å². The molecule has 1 N–H and O–H groups in total. The first-order valence-corrected chi connectivity index (χ1v) is 11.5. The molecular formula is C20H20Cl2FN3O2S. The molecule has 1 unspecified atom stereocenters. The fourth-order valence-electron chi connectivity index (χ4n) is 3.59. The van der Waals surface area contributed by atoms with Gasteiger partial charge in [0.1, 0.15) is 6.17 Å². The number of nitrogens with zero attached hydrogens (tertiary/aromatic N) is 2. The standard InChI is InChI=1S/C20H20Cl2FN3O2S/c1-13-5-7-14(8-6-13)29(27,28)25-24-19(18-15(21)3-2-4-16(18)22)26-11-17(23)20(12-26)9-10-20/h2-8,17,25H,9-12H2,1H3/b24-19-. The number of sulfonamides is 1. The Morgan fingerprint density at radius 3 is 2.34 bits per heavy atom. The number of alkyl halides is 1. The number of nitrogens with one attached hydrogen (secondary N) is 1. The van der Waals surface area contributed by atoms with Crippen LogP contribution < -0.4 is 4.83 Å². The number of likely N-dealkylation sites (tertiary alicyclic amines) is 1. The number of hydrogen-bond donors (Lipinski definition) is 1. The summed E-state index contributed by atoms with van der Waals surface area (Å²) in [6.07, 6.45) is 0.620. The maximum atomic E-state index is 14.6. The number of benzene rings is 2. The lowest BCUT2D eigenvalue weighted by molar-refractivity contribution is 0.266. The van der Waals surface area contributed by atoms with Crippen molar-refractivity contribution in [3.05, 3.63) is 63.6 Å². The second-order valence-corrected chi connectivity index (χ2v) is 10.1. The largest absolute Gasteiger partial charge is 0.351 e. The van der Waals surface area contributed by atoms with E-state index in [0.717, 1.165) is 18.4 Å². The van der Waals surface area contributed by atoms with Crippen LogP contribution in [0, 0.1) is 12.3 Å². The van der Waals surface area contributed by atoms with E-state index >= 15 is 0 Å². The van der Waals surface area contributed by atoms with Crippen LogP contribution in [0.5, 0.6) is 0 Å². The molecule has 1 aliphatic carbocycles. The molecule has 1 aliphatic heterocycles. The van der Waals surface area contributed by atoms with Gasteiger partial charge in [0.2, 0.25) is 0 Å². The minimum absolute atomic E-state index is 0.0832. The van der Waals surface area contributed by atoms with Crippen molar-refractivity contribution in [2.75, 3.05) is 13.1 Å². The van der Waals surface area contributed by atoms with Crippen molar-refractivity contribution < 1.29 is 12.8 Å². The number of hydrazone groups is 1. The molecule has 0 bridgehead atoms. The van der Waals surface area contributed by atoms with Gasteiger partial charge in [-0.1, -0.05) is 47.0 Å². The van der Waals surface area contributed by atoms with Crippen LogP contribution in [0.15, 0.2) is 52.5 Å². The Morgan fingerprint density at radius 1 is 1.17 bits per heavy atom. The molecule has 1 heterocycles. The Balaban J connectivity index is 1.71. The van der Waals surface area contributed by atoms with Crippen LogP contribution in [0.25, 0.3) is 0 Å². The second-order valence-electron chi connectivity index (χ2n) is 7.65. The van der Waals surface area contributed by atoms with Crippen molar-refractivity contribution in [2.45, 2.75) is 30.8 Å². The second kappa shape index (κ2) is 7.45. The Hall–Kier alpha value is -1.83. The number of hydrogen-bond acceptors (Lipinski definition) is 3. The molecule has 2 aromatic rings. The summed E-state index contributed by atoms with van der Waals surface area (Å²) in [5, 5.41) is 4.80. The zero-order valence-corrected chi connectivity index (χ0v) is 18.0. The number of amidine groups is 1. The number of halogens is 3. The Bertz CT molecular complexity index is 1050. The zero-order chi connectivity index (χ0) is 20.8. The van der Waals surface area contributed by atoms with Crippen molar-refractivity contribution in [1.29, 1.82) is 0 Å². The molecule has 1 saturated heterocycles. The quantitative estimate of drug-likeness (QED) is 0.422. The molecule has 5 nitrogen and oxygen atoms in total. The smallest absolute Gasteiger partial charge is 0.276 e. The Kier molecular flexibility index (Phi) is 5.25. The summed E-state index contributed by atoms with van der Waals surface area (Å²) in [5.41, 5.74) is 0.953. The summed E-state index contributed by atoms with van der Waals surface area (Å²) in [7, 11) is -3.91. The maximum absolute atomic E-state index is 14.6. The normalized spacial score (nSPS) is 20.9. The minimum atomic E-state index is -3.91. The highest BCUT2D eigenvalue weighted by atomic mass is 35.5. The first-order chi connectivity index (χ1) is 13.7. The average Bonchev–Trinajstić information content (AvgIpc) is 3.37. The highest BCUT2D eigenvalue weighted by Gasteiger charge is 2.56. The molecule has 1 spiro atoms. The van der Waals surface area contributed by atoms with Crippen LogP contribution in [0.1, 0.15) is 24.0 Å². The van der Waals surface area contributed by atoms with Gasteiger partial charge in [-0.2, -0.15) is 13.2 Å². The first-order valence-electron chi connectivity index (χ1n) is 9.21. The molecule has 9 heteroatoms. The van der Waals surface area contributed by atoms with Crippen molar-refractivity contribution in [1.82, 2.24) is 9.73 Å². The Labute approximate surface area is 179 Å². The molecular weight excluding hydrogens is 436 g/mol. The van der Waals surface area contributed by atoms with E-state index in [4.69, 9.17) is 23.2 Å². The molecule has 2 aromatic carbocycles. The van der Waals surface area contributed by atoms with Crippen molar-refractivity contribution >= 4 is 39.1 Å². The summed E-state index contributed by atoms with van der Waals surface area (Å²) in [6.45, 7) is 2.43. The molecule has 1 saturated carbocycles. The van der Waals surface area contributed by atoms with E-state index in [2.05, 4.69) is 9.93 Å². The van der Waals surface area contributed by atoms with Crippen LogP contribution in [-0.4, -0.2) is 38.4 Å². The predicted octanol–water partition coefficient (Wildman–Crippen LogP) is 4.38. The third-order valence-corrected chi connectivity index (χ3v) is 7.39. The number of rotatable bonds is 4. The molecule has 0 aromatic heterocycles. The summed E-state index contributed by atoms with van der Waals surface area (Å²) in [4.78, 5) is 4.07. The van der Waals surface area contributed by atoms with E-state index in [9.17, 15) is 12.8 Å². The predicted molar refractivity (Wildman–Crippen MR) is 113 cm³/mol. The van der Waals surface area contributed by atoms with Gasteiger partial charge < -0.3 is 4.90 Å². The van der Waals surface area contributed by atoms with Crippen molar-refractivity contribution in [2.24, 2.45) is 10.5 Å². The fourth-order valence-corrected chi connectivity index (χ4v) is 4.97. The van der Waals surface area contributed by atoms with Crippen LogP contribution in [0.2, 0.25) is 10.0 Å². The van der Waals surface area contributed by atoms with Gasteiger partial charge >= 0.3 is 0 Å². The van der Waals surface area contributed by atoms with Gasteiger partial charge in [0, 0.05) is 12.0 Å². The molecule has 1 atom stereocenters. The minimum Gasteiger partial charge on any atom is -0.351 e. The van der Waals surface area contributed by atoms with Gasteiger partial charge in [-0.3, -0.25) is 0 Å². The average molecular weight is 456 g/mol. The van der Waals surface area contributed by atoms with Gasteiger partial charge in [0.15, 0.2) is 5.84 Å². The lowest BCUT2D eigenvalue weighted by Crippen LogP contribution is -2.33. The van der Waals surface area contributed by atoms with E-state index in [1.807, 2.05) is 6.92 Å². The molecule has 2 aliphatic rings. The van der Waals surface area contributed by atoms with E-state index in [0.29, 0.717) is 22.2 Å². The van der Waals surface area contributed by atoms with Gasteiger partial charge in [-0.15, -0.1) is 5.10 Å². The summed E-state index contributed by atoms with van der Waals surface area (Å²) >= 11 is 12.7. The molecule has 29 heavy (non-hydrogen) atoms. The van der Waals surface area contributed by atoms with Gasteiger partial charge in [0.25, 0.3) is 10.0 Å². The SMILES string of the molecule is Cc1ccc(S(=O)(=O)N/N=C(/c2c(Cl)cccc2Cl)N2CC(F)C3(CC3)C2)cc1. The molecule has 0 amide bonds. The van der Waals surface area contributed by atoms with E-state index < -0.39 is 16.2 Å². The van der Waals surface area contributed by atoms with E-state index in [-0.39, 0.29) is 22.7 Å². The lowest BCUT2D eigenvalue weighted by atomic mass is 10.1. The number of aryl methyl sites for hydroxylation is 1. The summed E-state index contributed by atoms with van der Waals surface area (Å²) in [6, 6.07) is 11.4. The third-order valence-electron chi connectivity index (χ3n) is 5.53. The van der Waals surface area contributed by atoms with Crippen LogP contribution in [-0.2, 0) is 10.0 Å². The first kappa shape index (κ1) is 20.4. The zero-order valence-electron chi connectivity index (χ0n) is 15.7. The van der Waals surface area contributed by atoms with E-state index in [1.54, 1.807) is 35.2 Å². The lowest BCUT2D eigenvalue weighted by Gasteiger charge is -2.22. The highest BCUT2D eigenvalue weighted by Crippen LogP contribution is 2.54. The Morgan fingerprint density at radius 2 is 1.79 bits per heavy atom. The van der Waals surface area contributed by atoms with Crippen LogP contribution in [0.3, 0.4) is 0 Å². The van der Waals surface area contributed by atoms with Crippen molar-refractivity contribution in [3.8, 4) is 0 Å². The summed E-state index contributed by atoms with van der Waals surface area (Å²) in [5.74, 6) is 0.225. The molecule has 154 valence electrons. The molecule has 2 fully saturated rings. The monoisotopic (exact) mass is 455 g/mol.